The summed E-state index contributed by atoms with van der Waals surface area (Å²) in [4.78, 5) is 93.0. The molecular weight excluding hydrogens is 591 g/mol. The van der Waals surface area contributed by atoms with Crippen LogP contribution in [0.2, 0.25) is 0 Å². The second-order valence-electron chi connectivity index (χ2n) is 3.19. The van der Waals surface area contributed by atoms with Gasteiger partial charge in [-0.1, -0.05) is 0 Å². The van der Waals surface area contributed by atoms with Crippen molar-refractivity contribution >= 4 is 136 Å². The van der Waals surface area contributed by atoms with Gasteiger partial charge in [0.25, 0.3) is 0 Å². The molecule has 0 rings (SSSR count). The minimum absolute atomic E-state index is 0. The normalized spacial score (nSPS) is 12.4. The molecule has 0 atom stereocenters. The van der Waals surface area contributed by atoms with Crippen molar-refractivity contribution in [2.45, 2.75) is 0 Å². The van der Waals surface area contributed by atoms with Crippen molar-refractivity contribution in [1.82, 2.24) is 0 Å². The molecule has 21 nitrogen and oxygen atoms in total. The van der Waals surface area contributed by atoms with Crippen LogP contribution in [0.25, 0.3) is 0 Å². The van der Waals surface area contributed by atoms with E-state index >= 15 is 0 Å². The molecule has 30 heteroatoms. The molecule has 0 spiro atoms. The molecule has 30 heavy (non-hydrogen) atoms. The summed E-state index contributed by atoms with van der Waals surface area (Å²) in [6, 6.07) is 0. The van der Waals surface area contributed by atoms with E-state index < -0.39 is 46.9 Å². The molecule has 0 amide bonds. The molecule has 0 saturated heterocycles. The maximum atomic E-state index is 9.63. The summed E-state index contributed by atoms with van der Waals surface area (Å²) in [5.74, 6) is 0. The van der Waals surface area contributed by atoms with Crippen LogP contribution in [-0.4, -0.2) is 147 Å². The average molecular weight is 606 g/mol. The van der Waals surface area contributed by atoms with Gasteiger partial charge < -0.3 is 58.7 Å². The summed E-state index contributed by atoms with van der Waals surface area (Å²) in [5.41, 5.74) is 0. The summed E-state index contributed by atoms with van der Waals surface area (Å²) in [6.07, 6.45) is 0. The summed E-state index contributed by atoms with van der Waals surface area (Å²) < 4.78 is 66.6. The molecule has 0 fully saturated rings. The minimum atomic E-state index is -5.05. The molecule has 0 aromatic heterocycles. The third-order valence-electron chi connectivity index (χ3n) is 0.638. The zero-order chi connectivity index (χ0) is 23.1. The maximum absolute atomic E-state index is 9.63. The predicted molar refractivity (Wildman–Crippen MR) is 97.0 cm³/mol. The molecule has 0 radical (unpaired) electrons. The summed E-state index contributed by atoms with van der Waals surface area (Å²) in [7, 11) is -30.3. The zero-order valence-corrected chi connectivity index (χ0v) is 17.1. The van der Waals surface area contributed by atoms with Crippen molar-refractivity contribution in [3.63, 3.8) is 0 Å². The Kier molecular flexibility index (Phi) is 28.4. The Morgan fingerprint density at radius 1 is 0.300 bits per heavy atom. The Balaban J connectivity index is -0.0000000686. The van der Waals surface area contributed by atoms with Gasteiger partial charge in [-0.3, -0.25) is 0 Å². The first-order valence-corrected chi connectivity index (χ1v) is 13.8. The molecule has 0 heterocycles. The summed E-state index contributed by atoms with van der Waals surface area (Å²) in [6.45, 7) is 0. The van der Waals surface area contributed by atoms with E-state index in [1.54, 1.807) is 0 Å². The molecule has 0 aliphatic rings. The van der Waals surface area contributed by atoms with E-state index in [1.807, 2.05) is 0 Å². The second-order valence-corrected chi connectivity index (χ2v) is 11.0. The number of hydrogen-bond acceptors (Lipinski definition) is 9. The second kappa shape index (κ2) is 18.1. The van der Waals surface area contributed by atoms with Crippen LogP contribution in [0.5, 0.6) is 0 Å². The summed E-state index contributed by atoms with van der Waals surface area (Å²) >= 11 is 0. The fourth-order valence-electron chi connectivity index (χ4n) is 0.416. The van der Waals surface area contributed by atoms with Gasteiger partial charge in [-0.05, 0) is 0 Å². The van der Waals surface area contributed by atoms with E-state index in [-0.39, 0.29) is 88.7 Å². The van der Waals surface area contributed by atoms with Crippen LogP contribution in [0.3, 0.4) is 0 Å². The van der Waals surface area contributed by atoms with Gasteiger partial charge in [0, 0.05) is 0 Å². The van der Waals surface area contributed by atoms with E-state index in [0.717, 1.165) is 0 Å². The van der Waals surface area contributed by atoms with E-state index in [2.05, 4.69) is 12.9 Å². The van der Waals surface area contributed by atoms with Crippen LogP contribution < -0.4 is 0 Å². The van der Waals surface area contributed by atoms with Gasteiger partial charge in [-0.25, -0.2) is 27.4 Å². The molecule has 0 saturated carbocycles. The van der Waals surface area contributed by atoms with Crippen LogP contribution in [0, 0.1) is 0 Å². The third kappa shape index (κ3) is 63.5. The van der Waals surface area contributed by atoms with Crippen molar-refractivity contribution in [2.75, 3.05) is 0 Å². The van der Waals surface area contributed by atoms with Crippen molar-refractivity contribution < 1.29 is 99.0 Å². The Bertz CT molecular complexity index is 556. The molecule has 0 aliphatic heterocycles. The van der Waals surface area contributed by atoms with Crippen LogP contribution in [0.4, 0.5) is 0 Å². The first-order valence-electron chi connectivity index (χ1n) is 4.59. The first-order chi connectivity index (χ1) is 11.1. The van der Waals surface area contributed by atoms with Gasteiger partial charge in [-0.2, -0.15) is 12.9 Å². The van der Waals surface area contributed by atoms with Crippen molar-refractivity contribution in [1.29, 1.82) is 0 Å². The van der Waals surface area contributed by atoms with Gasteiger partial charge in [0.1, 0.15) is 0 Å². The Morgan fingerprint density at radius 3 is 0.367 bits per heavy atom. The predicted octanol–water partition coefficient (Wildman–Crippen LogP) is -4.38. The molecule has 0 aliphatic carbocycles. The number of hydrogen-bond donors (Lipinski definition) is 12. The molecule has 0 aromatic rings. The van der Waals surface area contributed by atoms with Gasteiger partial charge in [0.15, 0.2) is 0 Å². The van der Waals surface area contributed by atoms with Crippen molar-refractivity contribution in [3.8, 4) is 0 Å². The molecule has 0 aromatic carbocycles. The van der Waals surface area contributed by atoms with Crippen LogP contribution in [0.1, 0.15) is 0 Å². The Labute approximate surface area is 232 Å². The van der Waals surface area contributed by atoms with E-state index in [4.69, 9.17) is 58.7 Å². The molecule has 0 bridgehead atoms. The fraction of sp³-hybridized carbons (Fsp3) is 0. The zero-order valence-electron chi connectivity index (χ0n) is 11.7. The topological polar surface area (TPSA) is 373 Å². The Morgan fingerprint density at radius 2 is 0.367 bits per heavy atom. The van der Waals surface area contributed by atoms with Crippen molar-refractivity contribution in [3.05, 3.63) is 0 Å². The van der Waals surface area contributed by atoms with E-state index in [1.165, 1.54) is 0 Å². The van der Waals surface area contributed by atoms with Gasteiger partial charge >= 0.3 is 136 Å². The SMILES string of the molecule is O=P(O)(O)OP(=O)(O)O.O=P(O)(O)OP(=O)(O)O.O=P(O)(O)OP(=O)(O)O.[NaH].[NaH].[NaH]. The monoisotopic (exact) mass is 606 g/mol. The van der Waals surface area contributed by atoms with E-state index in [9.17, 15) is 27.4 Å². The molecule has 174 valence electrons. The van der Waals surface area contributed by atoms with Gasteiger partial charge in [0.2, 0.25) is 0 Å². The van der Waals surface area contributed by atoms with Crippen LogP contribution >= 0.6 is 46.9 Å². The van der Waals surface area contributed by atoms with Crippen LogP contribution in [-0.2, 0) is 40.3 Å². The molecular formula is H15Na3O21P6. The van der Waals surface area contributed by atoms with Crippen molar-refractivity contribution in [2.24, 2.45) is 0 Å². The molecule has 12 N–H and O–H groups in total. The fourth-order valence-corrected chi connectivity index (χ4v) is 3.74. The number of phosphoric acid groups is 6. The Hall–Kier alpha value is 3.78. The van der Waals surface area contributed by atoms with E-state index in [0.29, 0.717) is 0 Å². The summed E-state index contributed by atoms with van der Waals surface area (Å²) in [5, 5.41) is 0. The number of rotatable bonds is 6. The van der Waals surface area contributed by atoms with Gasteiger partial charge in [0.05, 0.1) is 0 Å². The first kappa shape index (κ1) is 47.0. The standard InChI is InChI=1S/3Na.3H4O7P2.3H/c;;;3*1-8(2,3)7-9(4,5)6;;;/h;;;3*(H2,1,2,3)(H2,4,5,6);;;. The quantitative estimate of drug-likeness (QED) is 0.100. The average Bonchev–Trinajstić information content (AvgIpc) is 1.96. The third-order valence-corrected chi connectivity index (χ3v) is 5.74. The van der Waals surface area contributed by atoms with Gasteiger partial charge in [-0.15, -0.1) is 0 Å². The molecule has 0 unspecified atom stereocenters. The van der Waals surface area contributed by atoms with Crippen LogP contribution in [0.15, 0.2) is 0 Å².